The smallest absolute Gasteiger partial charge is 0.0522 e. The Labute approximate surface area is 103 Å². The zero-order chi connectivity index (χ0) is 12.2. The summed E-state index contributed by atoms with van der Waals surface area (Å²) in [6.45, 7) is 6.78. The molecule has 0 saturated carbocycles. The van der Waals surface area contributed by atoms with Crippen LogP contribution in [0.1, 0.15) is 26.3 Å². The average molecular weight is 241 g/mol. The van der Waals surface area contributed by atoms with Crippen LogP contribution in [0.4, 0.5) is 0 Å². The molecule has 0 aromatic carbocycles. The number of hydrogen-bond donors (Lipinski definition) is 1. The van der Waals surface area contributed by atoms with Gasteiger partial charge in [0, 0.05) is 29.8 Å². The molecule has 1 aromatic heterocycles. The Bertz CT molecular complexity index is 314. The van der Waals surface area contributed by atoms with Crippen LogP contribution in [0.5, 0.6) is 0 Å². The highest BCUT2D eigenvalue weighted by Crippen LogP contribution is 2.24. The third-order valence-electron chi connectivity index (χ3n) is 2.37. The summed E-state index contributed by atoms with van der Waals surface area (Å²) in [6, 6.07) is 0.522. The summed E-state index contributed by atoms with van der Waals surface area (Å²) in [5, 5.41) is 7.57. The maximum atomic E-state index is 4.19. The standard InChI is InChI=1S/C12H23N3S/c1-12(2,3)16-9-11(13-4)6-10-7-14-15(5)8-10/h7-8,11,13H,6,9H2,1-5H3. The van der Waals surface area contributed by atoms with Gasteiger partial charge in [0.25, 0.3) is 0 Å². The molecule has 0 aliphatic rings. The number of aryl methyl sites for hydroxylation is 1. The first-order valence-electron chi connectivity index (χ1n) is 5.69. The van der Waals surface area contributed by atoms with E-state index in [0.717, 1.165) is 12.2 Å². The lowest BCUT2D eigenvalue weighted by Crippen LogP contribution is -2.31. The topological polar surface area (TPSA) is 29.9 Å². The fourth-order valence-corrected chi connectivity index (χ4v) is 2.44. The molecule has 1 unspecified atom stereocenters. The lowest BCUT2D eigenvalue weighted by Gasteiger charge is -2.22. The molecule has 92 valence electrons. The van der Waals surface area contributed by atoms with E-state index in [4.69, 9.17) is 0 Å². The van der Waals surface area contributed by atoms with E-state index in [0.29, 0.717) is 10.8 Å². The van der Waals surface area contributed by atoms with Crippen LogP contribution >= 0.6 is 11.8 Å². The Morgan fingerprint density at radius 2 is 2.19 bits per heavy atom. The molecule has 1 aromatic rings. The first-order valence-corrected chi connectivity index (χ1v) is 6.68. The molecule has 0 fully saturated rings. The van der Waals surface area contributed by atoms with E-state index in [1.54, 1.807) is 0 Å². The van der Waals surface area contributed by atoms with Gasteiger partial charge in [0.1, 0.15) is 0 Å². The number of thioether (sulfide) groups is 1. The van der Waals surface area contributed by atoms with E-state index in [1.165, 1.54) is 5.56 Å². The highest BCUT2D eigenvalue weighted by atomic mass is 32.2. The van der Waals surface area contributed by atoms with Gasteiger partial charge in [-0.15, -0.1) is 0 Å². The van der Waals surface area contributed by atoms with Crippen LogP contribution < -0.4 is 5.32 Å². The number of aromatic nitrogens is 2. The van der Waals surface area contributed by atoms with Crippen LogP contribution in [0.15, 0.2) is 12.4 Å². The quantitative estimate of drug-likeness (QED) is 0.856. The molecule has 3 nitrogen and oxygen atoms in total. The largest absolute Gasteiger partial charge is 0.316 e. The Morgan fingerprint density at radius 3 is 2.62 bits per heavy atom. The Morgan fingerprint density at radius 1 is 1.50 bits per heavy atom. The second-order valence-electron chi connectivity index (χ2n) is 5.14. The van der Waals surface area contributed by atoms with Gasteiger partial charge in [-0.3, -0.25) is 4.68 Å². The number of nitrogens with one attached hydrogen (secondary N) is 1. The van der Waals surface area contributed by atoms with Crippen LogP contribution in [-0.2, 0) is 13.5 Å². The van der Waals surface area contributed by atoms with Crippen molar-refractivity contribution < 1.29 is 0 Å². The maximum absolute atomic E-state index is 4.19. The predicted octanol–water partition coefficient (Wildman–Crippen LogP) is 2.08. The Balaban J connectivity index is 2.43. The van der Waals surface area contributed by atoms with Crippen molar-refractivity contribution in [2.45, 2.75) is 38.0 Å². The number of likely N-dealkylation sites (N-methyl/N-ethyl adjacent to an activating group) is 1. The molecule has 4 heteroatoms. The highest BCUT2D eigenvalue weighted by Gasteiger charge is 2.15. The van der Waals surface area contributed by atoms with Gasteiger partial charge in [-0.2, -0.15) is 16.9 Å². The molecule has 0 saturated heterocycles. The summed E-state index contributed by atoms with van der Waals surface area (Å²) in [4.78, 5) is 0. The monoisotopic (exact) mass is 241 g/mol. The number of rotatable bonds is 5. The van der Waals surface area contributed by atoms with Gasteiger partial charge in [-0.05, 0) is 19.0 Å². The van der Waals surface area contributed by atoms with Gasteiger partial charge in [0.2, 0.25) is 0 Å². The van der Waals surface area contributed by atoms with E-state index in [9.17, 15) is 0 Å². The first-order chi connectivity index (χ1) is 7.40. The van der Waals surface area contributed by atoms with Crippen molar-refractivity contribution in [3.8, 4) is 0 Å². The molecular formula is C12H23N3S. The maximum Gasteiger partial charge on any atom is 0.0522 e. The summed E-state index contributed by atoms with van der Waals surface area (Å²) < 4.78 is 2.20. The highest BCUT2D eigenvalue weighted by molar-refractivity contribution is 8.00. The van der Waals surface area contributed by atoms with E-state index < -0.39 is 0 Å². The molecule has 0 spiro atoms. The fraction of sp³-hybridized carbons (Fsp3) is 0.750. The normalized spacial score (nSPS) is 14.1. The SMILES string of the molecule is CNC(CSC(C)(C)C)Cc1cnn(C)c1. The molecule has 1 atom stereocenters. The van der Waals surface area contributed by atoms with Crippen molar-refractivity contribution >= 4 is 11.8 Å². The first kappa shape index (κ1) is 13.6. The molecule has 0 amide bonds. The molecule has 1 heterocycles. The lowest BCUT2D eigenvalue weighted by atomic mass is 10.1. The van der Waals surface area contributed by atoms with E-state index in [1.807, 2.05) is 36.7 Å². The van der Waals surface area contributed by atoms with E-state index in [-0.39, 0.29) is 0 Å². The number of nitrogens with zero attached hydrogens (tertiary/aromatic N) is 2. The summed E-state index contributed by atoms with van der Waals surface area (Å²) >= 11 is 2.00. The van der Waals surface area contributed by atoms with Crippen molar-refractivity contribution in [2.75, 3.05) is 12.8 Å². The van der Waals surface area contributed by atoms with Crippen molar-refractivity contribution in [3.05, 3.63) is 18.0 Å². The molecule has 0 radical (unpaired) electrons. The third kappa shape index (κ3) is 5.03. The summed E-state index contributed by atoms with van der Waals surface area (Å²) in [6.07, 6.45) is 5.09. The van der Waals surface area contributed by atoms with Crippen molar-refractivity contribution in [2.24, 2.45) is 7.05 Å². The predicted molar refractivity (Wildman–Crippen MR) is 72.0 cm³/mol. The molecule has 1 N–H and O–H groups in total. The zero-order valence-electron chi connectivity index (χ0n) is 10.9. The van der Waals surface area contributed by atoms with Crippen LogP contribution in [0.2, 0.25) is 0 Å². The zero-order valence-corrected chi connectivity index (χ0v) is 11.8. The van der Waals surface area contributed by atoms with Gasteiger partial charge in [0.15, 0.2) is 0 Å². The van der Waals surface area contributed by atoms with Gasteiger partial charge in [-0.1, -0.05) is 20.8 Å². The minimum absolute atomic E-state index is 0.337. The van der Waals surface area contributed by atoms with Gasteiger partial charge >= 0.3 is 0 Å². The molecule has 16 heavy (non-hydrogen) atoms. The van der Waals surface area contributed by atoms with Crippen molar-refractivity contribution in [3.63, 3.8) is 0 Å². The molecule has 0 aliphatic heterocycles. The summed E-state index contributed by atoms with van der Waals surface area (Å²) in [7, 11) is 3.99. The lowest BCUT2D eigenvalue weighted by molar-refractivity contribution is 0.613. The fourth-order valence-electron chi connectivity index (χ4n) is 1.46. The van der Waals surface area contributed by atoms with Crippen LogP contribution in [-0.4, -0.2) is 33.4 Å². The van der Waals surface area contributed by atoms with Gasteiger partial charge in [0.05, 0.1) is 6.20 Å². The summed E-state index contributed by atoms with van der Waals surface area (Å²) in [5.41, 5.74) is 1.30. The van der Waals surface area contributed by atoms with E-state index in [2.05, 4.69) is 37.4 Å². The second kappa shape index (κ2) is 5.73. The second-order valence-corrected chi connectivity index (χ2v) is 6.98. The Hall–Kier alpha value is -0.480. The molecule has 1 rings (SSSR count). The number of hydrogen-bond acceptors (Lipinski definition) is 3. The van der Waals surface area contributed by atoms with Gasteiger partial charge in [-0.25, -0.2) is 0 Å². The van der Waals surface area contributed by atoms with Crippen LogP contribution in [0, 0.1) is 0 Å². The third-order valence-corrected chi connectivity index (χ3v) is 3.80. The van der Waals surface area contributed by atoms with Crippen molar-refractivity contribution in [1.29, 1.82) is 0 Å². The van der Waals surface area contributed by atoms with E-state index >= 15 is 0 Å². The minimum Gasteiger partial charge on any atom is -0.316 e. The minimum atomic E-state index is 0.337. The van der Waals surface area contributed by atoms with Crippen molar-refractivity contribution in [1.82, 2.24) is 15.1 Å². The Kier molecular flexibility index (Phi) is 4.87. The van der Waals surface area contributed by atoms with Gasteiger partial charge < -0.3 is 5.32 Å². The molecular weight excluding hydrogens is 218 g/mol. The average Bonchev–Trinajstić information content (AvgIpc) is 2.57. The molecule has 0 bridgehead atoms. The summed E-state index contributed by atoms with van der Waals surface area (Å²) in [5.74, 6) is 1.13. The van der Waals surface area contributed by atoms with Crippen LogP contribution in [0.25, 0.3) is 0 Å². The van der Waals surface area contributed by atoms with Crippen LogP contribution in [0.3, 0.4) is 0 Å². The molecule has 0 aliphatic carbocycles.